The standard InChI is InChI=1S/C46H50N6O19/c1-4-38(58)66-19-27-31(54)15-30-39-26(17-52(30)42(27)60)25(24-13-33-34(69-20-68-33)14-28(24)50-39)16-48-46(65)67-18-23-5-6-32(70-45(44(63)64)71-40(22(3)53)43(61)62)29(12-23)49-36(56)7-9-47-35(55)8-10-51-37(57)11-21(2)41(51)59/h5-6,12-15,21-22,40,44-45,53-54,63-64H,4,7-11,16-20H2,1-3H3,(H,47,55)(H,48,65)(H,49,56)(H,61,62)/t21?,22-,40?,45?/m0/s1. The van der Waals surface area contributed by atoms with E-state index in [1.807, 2.05) is 0 Å². The summed E-state index contributed by atoms with van der Waals surface area (Å²) < 4.78 is 33.9. The van der Waals surface area contributed by atoms with Gasteiger partial charge in [-0.3, -0.25) is 33.7 Å². The number of esters is 1. The molecule has 0 saturated carbocycles. The van der Waals surface area contributed by atoms with Gasteiger partial charge < -0.3 is 74.5 Å². The van der Waals surface area contributed by atoms with Crippen LogP contribution in [0.1, 0.15) is 68.7 Å². The Labute approximate surface area is 402 Å². The maximum atomic E-state index is 13.7. The molecule has 2 aromatic carbocycles. The third kappa shape index (κ3) is 11.6. The third-order valence-corrected chi connectivity index (χ3v) is 11.6. The highest BCUT2D eigenvalue weighted by atomic mass is 16.7. The Morgan fingerprint density at radius 3 is 2.35 bits per heavy atom. The van der Waals surface area contributed by atoms with Gasteiger partial charge in [0.25, 0.3) is 11.8 Å². The molecule has 378 valence electrons. The molecule has 25 nitrogen and oxygen atoms in total. The zero-order valence-corrected chi connectivity index (χ0v) is 38.4. The molecule has 25 heteroatoms. The molecule has 5 heterocycles. The summed E-state index contributed by atoms with van der Waals surface area (Å²) in [6, 6.07) is 8.55. The van der Waals surface area contributed by atoms with E-state index in [0.717, 1.165) is 11.8 Å². The highest BCUT2D eigenvalue weighted by Gasteiger charge is 2.36. The minimum atomic E-state index is -2.47. The fourth-order valence-electron chi connectivity index (χ4n) is 7.87. The van der Waals surface area contributed by atoms with Crippen LogP contribution in [0, 0.1) is 5.92 Å². The molecule has 0 bridgehead atoms. The number of carboxylic acids is 1. The zero-order chi connectivity index (χ0) is 51.3. The number of aliphatic hydroxyl groups excluding tert-OH is 2. The Kier molecular flexibility index (Phi) is 15.7. The third-order valence-electron chi connectivity index (χ3n) is 11.6. The van der Waals surface area contributed by atoms with Gasteiger partial charge in [0.1, 0.15) is 24.7 Å². The summed E-state index contributed by atoms with van der Waals surface area (Å²) in [6.07, 6.45) is -9.55. The number of likely N-dealkylation sites (tertiary alicyclic amines) is 1. The summed E-state index contributed by atoms with van der Waals surface area (Å²) in [5, 5.41) is 58.7. The highest BCUT2D eigenvalue weighted by molar-refractivity contribution is 6.03. The van der Waals surface area contributed by atoms with Crippen molar-refractivity contribution in [3.63, 3.8) is 0 Å². The summed E-state index contributed by atoms with van der Waals surface area (Å²) in [7, 11) is 0. The first-order valence-electron chi connectivity index (χ1n) is 22.2. The normalized spacial score (nSPS) is 15.8. The minimum Gasteiger partial charge on any atom is -0.507 e. The molecule has 8 N–H and O–H groups in total. The van der Waals surface area contributed by atoms with Gasteiger partial charge in [0, 0.05) is 74.3 Å². The molecule has 71 heavy (non-hydrogen) atoms. The summed E-state index contributed by atoms with van der Waals surface area (Å²) >= 11 is 0. The van der Waals surface area contributed by atoms with E-state index in [-0.39, 0.29) is 98.7 Å². The number of imide groups is 1. The van der Waals surface area contributed by atoms with Crippen LogP contribution in [-0.2, 0) is 69.3 Å². The second kappa shape index (κ2) is 21.8. The molecular weight excluding hydrogens is 941 g/mol. The highest BCUT2D eigenvalue weighted by Crippen LogP contribution is 2.42. The van der Waals surface area contributed by atoms with Crippen molar-refractivity contribution in [2.45, 2.75) is 97.5 Å². The van der Waals surface area contributed by atoms with Crippen molar-refractivity contribution in [3.8, 4) is 34.4 Å². The van der Waals surface area contributed by atoms with Crippen molar-refractivity contribution >= 4 is 58.3 Å². The first-order chi connectivity index (χ1) is 33.8. The van der Waals surface area contributed by atoms with E-state index in [1.54, 1.807) is 26.0 Å². The van der Waals surface area contributed by atoms with E-state index < -0.39 is 85.1 Å². The van der Waals surface area contributed by atoms with Gasteiger partial charge in [-0.25, -0.2) is 14.6 Å². The minimum absolute atomic E-state index is 0.0328. The molecule has 3 aliphatic rings. The molecule has 0 radical (unpaired) electrons. The topological polar surface area (TPSA) is 350 Å². The van der Waals surface area contributed by atoms with Crippen molar-refractivity contribution in [1.29, 1.82) is 0 Å². The molecular formula is C46H50N6O19. The Morgan fingerprint density at radius 1 is 0.930 bits per heavy atom. The molecule has 2 aromatic heterocycles. The molecule has 0 spiro atoms. The number of carboxylic acid groups (broad SMARTS) is 1. The number of hydrogen-bond donors (Lipinski definition) is 8. The summed E-state index contributed by atoms with van der Waals surface area (Å²) in [5.41, 5.74) is 1.38. The van der Waals surface area contributed by atoms with Crippen molar-refractivity contribution in [3.05, 3.63) is 69.0 Å². The number of anilines is 1. The number of aromatic hydroxyl groups is 1. The predicted molar refractivity (Wildman–Crippen MR) is 240 cm³/mol. The van der Waals surface area contributed by atoms with Crippen LogP contribution in [0.5, 0.6) is 23.0 Å². The smallest absolute Gasteiger partial charge is 0.407 e. The average Bonchev–Trinajstić information content (AvgIpc) is 4.00. The monoisotopic (exact) mass is 990 g/mol. The summed E-state index contributed by atoms with van der Waals surface area (Å²) in [6.45, 7) is 2.81. The van der Waals surface area contributed by atoms with Crippen molar-refractivity contribution < 1.29 is 87.5 Å². The van der Waals surface area contributed by atoms with E-state index in [4.69, 9.17) is 33.4 Å². The van der Waals surface area contributed by atoms with Gasteiger partial charge in [-0.1, -0.05) is 19.9 Å². The number of ether oxygens (including phenoxy) is 6. The number of aromatic nitrogens is 2. The number of hydrogen-bond acceptors (Lipinski definition) is 19. The largest absolute Gasteiger partial charge is 0.507 e. The lowest BCUT2D eigenvalue weighted by Crippen LogP contribution is -2.44. The first kappa shape index (κ1) is 51.0. The number of aliphatic carboxylic acids is 1. The lowest BCUT2D eigenvalue weighted by molar-refractivity contribution is -0.247. The molecule has 4 atom stereocenters. The molecule has 0 aliphatic carbocycles. The van der Waals surface area contributed by atoms with E-state index in [0.29, 0.717) is 39.2 Å². The SMILES string of the molecule is CCC(=O)OCc1c(O)cc2n(c1=O)Cc1c-2nc2cc3c(cc2c1CNC(=O)OCc1ccc(OC(OC(C(=O)O)[C@H](C)O)C(O)O)c(NC(=O)CCNC(=O)CCN2C(=O)CC(C)C2=O)c1)OCO3. The molecule has 5 amide bonds. The van der Waals surface area contributed by atoms with Crippen LogP contribution in [0.15, 0.2) is 41.2 Å². The van der Waals surface area contributed by atoms with E-state index in [1.165, 1.54) is 28.8 Å². The van der Waals surface area contributed by atoms with Crippen LogP contribution >= 0.6 is 0 Å². The number of carbonyl (C=O) groups excluding carboxylic acids is 6. The van der Waals surface area contributed by atoms with Gasteiger partial charge >= 0.3 is 18.0 Å². The van der Waals surface area contributed by atoms with E-state index >= 15 is 0 Å². The Morgan fingerprint density at radius 2 is 1.68 bits per heavy atom. The van der Waals surface area contributed by atoms with E-state index in [9.17, 15) is 63.9 Å². The van der Waals surface area contributed by atoms with Gasteiger partial charge in [0.2, 0.25) is 36.7 Å². The van der Waals surface area contributed by atoms with Crippen molar-refractivity contribution in [1.82, 2.24) is 25.1 Å². The number of nitrogens with zero attached hydrogens (tertiary/aromatic N) is 3. The lowest BCUT2D eigenvalue weighted by atomic mass is 10.00. The number of nitrogens with one attached hydrogen (secondary N) is 3. The number of pyridine rings is 2. The maximum absolute atomic E-state index is 13.7. The predicted octanol–water partition coefficient (Wildman–Crippen LogP) is 0.835. The summed E-state index contributed by atoms with van der Waals surface area (Å²) in [5.74, 6) is -4.60. The van der Waals surface area contributed by atoms with Gasteiger partial charge in [-0.05, 0) is 36.2 Å². The average molecular weight is 991 g/mol. The first-order valence-corrected chi connectivity index (χ1v) is 22.2. The van der Waals surface area contributed by atoms with Crippen LogP contribution in [0.3, 0.4) is 0 Å². The number of fused-ring (bicyclic) bond motifs is 5. The van der Waals surface area contributed by atoms with Gasteiger partial charge in [0.05, 0.1) is 40.8 Å². The second-order valence-electron chi connectivity index (χ2n) is 16.6. The van der Waals surface area contributed by atoms with Crippen LogP contribution in [0.4, 0.5) is 10.5 Å². The molecule has 3 unspecified atom stereocenters. The van der Waals surface area contributed by atoms with Crippen molar-refractivity contribution in [2.24, 2.45) is 5.92 Å². The van der Waals surface area contributed by atoms with Gasteiger partial charge in [-0.2, -0.15) is 0 Å². The molecule has 3 aliphatic heterocycles. The Hall–Kier alpha value is -7.87. The second-order valence-corrected chi connectivity index (χ2v) is 16.6. The zero-order valence-electron chi connectivity index (χ0n) is 38.4. The number of aliphatic hydroxyl groups is 3. The van der Waals surface area contributed by atoms with Crippen LogP contribution in [0.2, 0.25) is 0 Å². The summed E-state index contributed by atoms with van der Waals surface area (Å²) in [4.78, 5) is 106. The Bertz CT molecular complexity index is 2850. The fraction of sp³-hybridized carbons (Fsp3) is 0.413. The van der Waals surface area contributed by atoms with Crippen LogP contribution < -0.4 is 35.7 Å². The molecule has 1 fully saturated rings. The molecule has 4 aromatic rings. The fourth-order valence-corrected chi connectivity index (χ4v) is 7.87. The number of amides is 5. The van der Waals surface area contributed by atoms with E-state index in [2.05, 4.69) is 16.0 Å². The number of benzene rings is 2. The quantitative estimate of drug-likeness (QED) is 0.0287. The number of carbonyl (C=O) groups is 7. The number of rotatable bonds is 21. The van der Waals surface area contributed by atoms with Gasteiger partial charge in [0.15, 0.2) is 17.6 Å². The van der Waals surface area contributed by atoms with Gasteiger partial charge in [-0.15, -0.1) is 0 Å². The maximum Gasteiger partial charge on any atom is 0.407 e. The van der Waals surface area contributed by atoms with Crippen LogP contribution in [-0.4, -0.2) is 126 Å². The molecule has 7 rings (SSSR count). The number of alkyl carbamates (subject to hydrolysis) is 1. The van der Waals surface area contributed by atoms with Crippen LogP contribution in [0.25, 0.3) is 22.3 Å². The molecule has 1 saturated heterocycles. The van der Waals surface area contributed by atoms with Crippen molar-refractivity contribution in [2.75, 3.05) is 25.2 Å². The Balaban J connectivity index is 1.06. The lowest BCUT2D eigenvalue weighted by Gasteiger charge is -2.26.